The number of nitrogens with zero attached hydrogens (tertiary/aromatic N) is 1. The first-order valence-electron chi connectivity index (χ1n) is 5.80. The summed E-state index contributed by atoms with van der Waals surface area (Å²) < 4.78 is 10.4. The zero-order valence-electron chi connectivity index (χ0n) is 9.73. The van der Waals surface area contributed by atoms with E-state index >= 15 is 0 Å². The second kappa shape index (κ2) is 4.00. The summed E-state index contributed by atoms with van der Waals surface area (Å²) in [4.78, 5) is 12.0. The zero-order chi connectivity index (χ0) is 12.6. The average Bonchev–Trinajstić information content (AvgIpc) is 2.75. The van der Waals surface area contributed by atoms with E-state index in [1.54, 1.807) is 6.07 Å². The molecule has 0 atom stereocenters. The average molecular weight is 244 g/mol. The summed E-state index contributed by atoms with van der Waals surface area (Å²) in [5, 5.41) is 11.8. The van der Waals surface area contributed by atoms with Gasteiger partial charge in [-0.1, -0.05) is 0 Å². The standard InChI is InChI=1S/C13H12N2O3/c14-6-13(7-17-8-13)12(16)15-10-1-2-11-9(5-10)3-4-18-11/h1-2,5H,3-4,7-8H2,(H,15,16). The number of anilines is 1. The van der Waals surface area contributed by atoms with Crippen LogP contribution in [0.3, 0.4) is 0 Å². The maximum atomic E-state index is 12.0. The molecule has 1 N–H and O–H groups in total. The van der Waals surface area contributed by atoms with Crippen LogP contribution in [0.15, 0.2) is 18.2 Å². The fraction of sp³-hybridized carbons (Fsp3) is 0.385. The first-order chi connectivity index (χ1) is 8.73. The molecule has 92 valence electrons. The van der Waals surface area contributed by atoms with E-state index in [0.717, 1.165) is 17.7 Å². The molecule has 0 aliphatic carbocycles. The maximum Gasteiger partial charge on any atom is 0.249 e. The highest BCUT2D eigenvalue weighted by atomic mass is 16.5. The van der Waals surface area contributed by atoms with Gasteiger partial charge in [0.2, 0.25) is 5.91 Å². The molecule has 3 rings (SSSR count). The molecular formula is C13H12N2O3. The molecule has 0 radical (unpaired) electrons. The van der Waals surface area contributed by atoms with E-state index in [1.807, 2.05) is 18.2 Å². The number of hydrogen-bond acceptors (Lipinski definition) is 4. The van der Waals surface area contributed by atoms with E-state index in [4.69, 9.17) is 14.7 Å². The largest absolute Gasteiger partial charge is 0.493 e. The van der Waals surface area contributed by atoms with Crippen molar-refractivity contribution >= 4 is 11.6 Å². The van der Waals surface area contributed by atoms with Gasteiger partial charge in [0, 0.05) is 12.1 Å². The number of rotatable bonds is 2. The molecule has 1 fully saturated rings. The van der Waals surface area contributed by atoms with E-state index in [-0.39, 0.29) is 19.1 Å². The van der Waals surface area contributed by atoms with Crippen molar-refractivity contribution in [1.29, 1.82) is 5.26 Å². The van der Waals surface area contributed by atoms with E-state index in [0.29, 0.717) is 12.3 Å². The van der Waals surface area contributed by atoms with Crippen LogP contribution in [-0.2, 0) is 16.0 Å². The first kappa shape index (κ1) is 11.1. The molecule has 0 bridgehead atoms. The van der Waals surface area contributed by atoms with E-state index < -0.39 is 5.41 Å². The second-order valence-corrected chi connectivity index (χ2v) is 4.56. The lowest BCUT2D eigenvalue weighted by molar-refractivity contribution is -0.144. The molecule has 2 aliphatic rings. The Balaban J connectivity index is 1.77. The van der Waals surface area contributed by atoms with Gasteiger partial charge in [0.15, 0.2) is 5.41 Å². The van der Waals surface area contributed by atoms with Gasteiger partial charge in [-0.3, -0.25) is 4.79 Å². The van der Waals surface area contributed by atoms with Crippen LogP contribution in [0.1, 0.15) is 5.56 Å². The number of carbonyl (C=O) groups excluding carboxylic acids is 1. The van der Waals surface area contributed by atoms with Gasteiger partial charge >= 0.3 is 0 Å². The minimum absolute atomic E-state index is 0.170. The molecule has 5 nitrogen and oxygen atoms in total. The van der Waals surface area contributed by atoms with Crippen molar-refractivity contribution in [1.82, 2.24) is 0 Å². The number of hydrogen-bond donors (Lipinski definition) is 1. The van der Waals surface area contributed by atoms with Crippen molar-refractivity contribution in [3.63, 3.8) is 0 Å². The Hall–Kier alpha value is -2.06. The van der Waals surface area contributed by atoms with Crippen molar-refractivity contribution in [2.24, 2.45) is 5.41 Å². The van der Waals surface area contributed by atoms with Gasteiger partial charge in [0.1, 0.15) is 5.75 Å². The SMILES string of the molecule is N#CC1(C(=O)Nc2ccc3c(c2)CCO3)COC1. The molecule has 1 aromatic rings. The van der Waals surface area contributed by atoms with E-state index in [1.165, 1.54) is 0 Å². The number of amides is 1. The molecule has 0 spiro atoms. The van der Waals surface area contributed by atoms with Crippen LogP contribution in [0.4, 0.5) is 5.69 Å². The van der Waals surface area contributed by atoms with Crippen LogP contribution in [0.25, 0.3) is 0 Å². The summed E-state index contributed by atoms with van der Waals surface area (Å²) in [6.07, 6.45) is 0.853. The summed E-state index contributed by atoms with van der Waals surface area (Å²) >= 11 is 0. The van der Waals surface area contributed by atoms with Crippen molar-refractivity contribution in [2.75, 3.05) is 25.1 Å². The predicted molar refractivity (Wildman–Crippen MR) is 63.1 cm³/mol. The highest BCUT2D eigenvalue weighted by molar-refractivity contribution is 5.98. The predicted octanol–water partition coefficient (Wildman–Crippen LogP) is 1.10. The Morgan fingerprint density at radius 2 is 2.28 bits per heavy atom. The third-order valence-corrected chi connectivity index (χ3v) is 3.29. The van der Waals surface area contributed by atoms with Gasteiger partial charge in [-0.05, 0) is 23.8 Å². The van der Waals surface area contributed by atoms with Crippen molar-refractivity contribution in [3.05, 3.63) is 23.8 Å². The molecule has 18 heavy (non-hydrogen) atoms. The molecule has 1 aromatic carbocycles. The van der Waals surface area contributed by atoms with Gasteiger partial charge in [-0.15, -0.1) is 0 Å². The Morgan fingerprint density at radius 1 is 1.44 bits per heavy atom. The normalized spacial score (nSPS) is 19.1. The fourth-order valence-corrected chi connectivity index (χ4v) is 2.07. The Labute approximate surface area is 104 Å². The molecule has 1 saturated heterocycles. The van der Waals surface area contributed by atoms with Crippen LogP contribution < -0.4 is 10.1 Å². The topological polar surface area (TPSA) is 71.4 Å². The third-order valence-electron chi connectivity index (χ3n) is 3.29. The number of benzene rings is 1. The number of nitriles is 1. The van der Waals surface area contributed by atoms with Gasteiger partial charge in [-0.25, -0.2) is 0 Å². The maximum absolute atomic E-state index is 12.0. The van der Waals surface area contributed by atoms with Gasteiger partial charge in [0.25, 0.3) is 0 Å². The van der Waals surface area contributed by atoms with Crippen LogP contribution in [-0.4, -0.2) is 25.7 Å². The number of nitrogens with one attached hydrogen (secondary N) is 1. The monoisotopic (exact) mass is 244 g/mol. The summed E-state index contributed by atoms with van der Waals surface area (Å²) in [7, 11) is 0. The zero-order valence-corrected chi connectivity index (χ0v) is 9.73. The molecule has 0 unspecified atom stereocenters. The van der Waals surface area contributed by atoms with Crippen molar-refractivity contribution in [2.45, 2.75) is 6.42 Å². The van der Waals surface area contributed by atoms with Gasteiger partial charge in [-0.2, -0.15) is 5.26 Å². The number of fused-ring (bicyclic) bond motifs is 1. The second-order valence-electron chi connectivity index (χ2n) is 4.56. The van der Waals surface area contributed by atoms with Gasteiger partial charge < -0.3 is 14.8 Å². The Bertz CT molecular complexity index is 544. The fourth-order valence-electron chi connectivity index (χ4n) is 2.07. The van der Waals surface area contributed by atoms with Gasteiger partial charge in [0.05, 0.1) is 25.9 Å². The number of carbonyl (C=O) groups is 1. The van der Waals surface area contributed by atoms with Crippen molar-refractivity contribution in [3.8, 4) is 11.8 Å². The molecule has 2 aliphatic heterocycles. The molecule has 0 aromatic heterocycles. The number of ether oxygens (including phenoxy) is 2. The third kappa shape index (κ3) is 1.62. The lowest BCUT2D eigenvalue weighted by Gasteiger charge is -2.33. The van der Waals surface area contributed by atoms with Crippen LogP contribution in [0.5, 0.6) is 5.75 Å². The molecule has 5 heteroatoms. The lowest BCUT2D eigenvalue weighted by Crippen LogP contribution is -2.50. The van der Waals surface area contributed by atoms with E-state index in [9.17, 15) is 4.79 Å². The molecule has 2 heterocycles. The molecule has 1 amide bonds. The van der Waals surface area contributed by atoms with Crippen LogP contribution in [0, 0.1) is 16.7 Å². The summed E-state index contributed by atoms with van der Waals surface area (Å²) in [6.45, 7) is 1.02. The highest BCUT2D eigenvalue weighted by Gasteiger charge is 2.46. The lowest BCUT2D eigenvalue weighted by atomic mass is 9.87. The Kier molecular flexibility index (Phi) is 2.46. The van der Waals surface area contributed by atoms with Crippen LogP contribution in [0.2, 0.25) is 0 Å². The van der Waals surface area contributed by atoms with Crippen LogP contribution >= 0.6 is 0 Å². The molecule has 0 saturated carbocycles. The summed E-state index contributed by atoms with van der Waals surface area (Å²) in [6, 6.07) is 7.55. The summed E-state index contributed by atoms with van der Waals surface area (Å²) in [5.41, 5.74) is 0.768. The summed E-state index contributed by atoms with van der Waals surface area (Å²) in [5.74, 6) is 0.574. The minimum Gasteiger partial charge on any atom is -0.493 e. The Morgan fingerprint density at radius 3 is 2.94 bits per heavy atom. The molecular weight excluding hydrogens is 232 g/mol. The smallest absolute Gasteiger partial charge is 0.249 e. The van der Waals surface area contributed by atoms with E-state index in [2.05, 4.69) is 5.32 Å². The first-order valence-corrected chi connectivity index (χ1v) is 5.80. The quantitative estimate of drug-likeness (QED) is 0.845. The van der Waals surface area contributed by atoms with Crippen molar-refractivity contribution < 1.29 is 14.3 Å². The highest BCUT2D eigenvalue weighted by Crippen LogP contribution is 2.31. The minimum atomic E-state index is -1.02.